The molecule has 0 radical (unpaired) electrons. The normalized spacial score (nSPS) is 11.8. The third-order valence-corrected chi connectivity index (χ3v) is 1.91. The third kappa shape index (κ3) is 17.8. The lowest BCUT2D eigenvalue weighted by Gasteiger charge is -2.03. The Morgan fingerprint density at radius 3 is 1.09 bits per heavy atom. The Kier molecular flexibility index (Phi) is 6.23. The maximum absolute atomic E-state index is 9.63. The van der Waals surface area contributed by atoms with Gasteiger partial charge in [-0.25, -0.2) is 9.13 Å². The molecule has 0 aromatic rings. The van der Waals surface area contributed by atoms with Crippen molar-refractivity contribution < 1.29 is 38.1 Å². The quantitative estimate of drug-likeness (QED) is 0.357. The van der Waals surface area contributed by atoms with Crippen molar-refractivity contribution in [3.05, 3.63) is 0 Å². The maximum atomic E-state index is 9.63. The van der Waals surface area contributed by atoms with E-state index in [1.165, 1.54) is 0 Å². The highest BCUT2D eigenvalue weighted by Crippen LogP contribution is 2.53. The second-order valence-electron chi connectivity index (χ2n) is 1.06. The van der Waals surface area contributed by atoms with Crippen molar-refractivity contribution in [2.24, 2.45) is 0 Å². The Morgan fingerprint density at radius 1 is 0.909 bits per heavy atom. The summed E-state index contributed by atoms with van der Waals surface area (Å²) in [6.45, 7) is 0. The smallest absolute Gasteiger partial charge is 0.400 e. The van der Waals surface area contributed by atoms with Crippen LogP contribution in [0, 0.1) is 0 Å². The van der Waals surface area contributed by atoms with E-state index in [9.17, 15) is 9.13 Å². The molecule has 70 valence electrons. The highest BCUT2D eigenvalue weighted by Gasteiger charge is 2.27. The first kappa shape index (κ1) is 13.8. The summed E-state index contributed by atoms with van der Waals surface area (Å²) in [5.74, 6) is 0. The molecule has 11 heavy (non-hydrogen) atoms. The zero-order chi connectivity index (χ0) is 9.71. The van der Waals surface area contributed by atoms with Crippen molar-refractivity contribution in [2.75, 3.05) is 7.11 Å². The van der Waals surface area contributed by atoms with E-state index in [0.29, 0.717) is 0 Å². The summed E-state index contributed by atoms with van der Waals surface area (Å²) < 4.78 is 22.2. The van der Waals surface area contributed by atoms with E-state index < -0.39 is 15.6 Å². The van der Waals surface area contributed by atoms with Crippen LogP contribution in [0.3, 0.4) is 0 Å². The van der Waals surface area contributed by atoms with Gasteiger partial charge in [-0.15, -0.1) is 0 Å². The SMILES string of the molecule is CO.O=P(O)(O)OP(=O)(O)O. The van der Waals surface area contributed by atoms with E-state index in [-0.39, 0.29) is 0 Å². The van der Waals surface area contributed by atoms with E-state index in [2.05, 4.69) is 4.31 Å². The molecule has 0 saturated carbocycles. The summed E-state index contributed by atoms with van der Waals surface area (Å²) in [5, 5.41) is 7.00. The predicted octanol–water partition coefficient (Wildman–Crippen LogP) is -1.20. The first-order valence-electron chi connectivity index (χ1n) is 1.98. The average molecular weight is 210 g/mol. The molecule has 0 bridgehead atoms. The monoisotopic (exact) mass is 210 g/mol. The standard InChI is InChI=1S/CH4O.H4O7P2/c1-2;1-8(2,3)7-9(4,5)6/h2H,1H3;(H2,1,2,3)(H2,4,5,6). The van der Waals surface area contributed by atoms with E-state index in [0.717, 1.165) is 7.11 Å². The summed E-state index contributed by atoms with van der Waals surface area (Å²) in [6, 6.07) is 0. The Morgan fingerprint density at radius 2 is 1.09 bits per heavy atom. The fourth-order valence-corrected chi connectivity index (χ4v) is 1.25. The Hall–Kier alpha value is 0.220. The molecule has 0 rings (SSSR count). The lowest BCUT2D eigenvalue weighted by atomic mass is 11.8. The highest BCUT2D eigenvalue weighted by molar-refractivity contribution is 7.60. The summed E-state index contributed by atoms with van der Waals surface area (Å²) >= 11 is 0. The van der Waals surface area contributed by atoms with Gasteiger partial charge in [-0.05, 0) is 0 Å². The number of rotatable bonds is 2. The zero-order valence-electron chi connectivity index (χ0n) is 5.36. The Balaban J connectivity index is 0. The molecule has 0 aliphatic rings. The summed E-state index contributed by atoms with van der Waals surface area (Å²) in [6.07, 6.45) is 0. The fraction of sp³-hybridized carbons (Fsp3) is 1.00. The molecule has 0 aliphatic carbocycles. The van der Waals surface area contributed by atoms with Crippen molar-refractivity contribution in [2.45, 2.75) is 0 Å². The van der Waals surface area contributed by atoms with Crippen LogP contribution in [0.4, 0.5) is 0 Å². The minimum absolute atomic E-state index is 1.00. The molecule has 5 N–H and O–H groups in total. The molecule has 8 nitrogen and oxygen atoms in total. The van der Waals surface area contributed by atoms with Crippen LogP contribution in [0.1, 0.15) is 0 Å². The number of aliphatic hydroxyl groups excluding tert-OH is 1. The minimum Gasteiger partial charge on any atom is -0.400 e. The zero-order valence-corrected chi connectivity index (χ0v) is 7.14. The third-order valence-electron chi connectivity index (χ3n) is 0.213. The van der Waals surface area contributed by atoms with Gasteiger partial charge in [0.2, 0.25) is 0 Å². The van der Waals surface area contributed by atoms with Gasteiger partial charge in [0.25, 0.3) is 0 Å². The van der Waals surface area contributed by atoms with E-state index in [1.807, 2.05) is 0 Å². The second-order valence-corrected chi connectivity index (χ2v) is 3.68. The van der Waals surface area contributed by atoms with Crippen LogP contribution < -0.4 is 0 Å². The maximum Gasteiger partial charge on any atom is 0.478 e. The molecular formula is CH8O8P2. The molecule has 0 saturated heterocycles. The van der Waals surface area contributed by atoms with E-state index in [4.69, 9.17) is 24.7 Å². The predicted molar refractivity (Wildman–Crippen MR) is 33.3 cm³/mol. The summed E-state index contributed by atoms with van der Waals surface area (Å²) in [7, 11) is -9.10. The number of aliphatic hydroxyl groups is 1. The molecule has 0 amide bonds. The fourth-order valence-electron chi connectivity index (χ4n) is 0.139. The van der Waals surface area contributed by atoms with Gasteiger partial charge in [0.05, 0.1) is 0 Å². The van der Waals surface area contributed by atoms with Crippen molar-refractivity contribution in [3.8, 4) is 0 Å². The lowest BCUT2D eigenvalue weighted by Crippen LogP contribution is -1.84. The van der Waals surface area contributed by atoms with Crippen LogP contribution in [0.25, 0.3) is 0 Å². The number of phosphoric acid groups is 2. The van der Waals surface area contributed by atoms with E-state index in [1.54, 1.807) is 0 Å². The van der Waals surface area contributed by atoms with Crippen molar-refractivity contribution in [1.29, 1.82) is 0 Å². The molecule has 0 aliphatic heterocycles. The van der Waals surface area contributed by atoms with E-state index >= 15 is 0 Å². The van der Waals surface area contributed by atoms with Crippen LogP contribution in [-0.2, 0) is 13.4 Å². The van der Waals surface area contributed by atoms with Gasteiger partial charge in [0.15, 0.2) is 0 Å². The first-order chi connectivity index (χ1) is 4.71. The van der Waals surface area contributed by atoms with Crippen LogP contribution in [-0.4, -0.2) is 31.8 Å². The molecule has 0 heterocycles. The first-order valence-corrected chi connectivity index (χ1v) is 5.04. The highest BCUT2D eigenvalue weighted by atomic mass is 31.3. The molecule has 10 heteroatoms. The molecular weight excluding hydrogens is 202 g/mol. The molecule has 0 fully saturated rings. The van der Waals surface area contributed by atoms with Crippen LogP contribution in [0.5, 0.6) is 0 Å². The molecule has 0 unspecified atom stereocenters. The van der Waals surface area contributed by atoms with Crippen LogP contribution in [0.15, 0.2) is 0 Å². The average Bonchev–Trinajstić information content (AvgIpc) is 1.60. The van der Waals surface area contributed by atoms with Crippen molar-refractivity contribution in [3.63, 3.8) is 0 Å². The van der Waals surface area contributed by atoms with Crippen molar-refractivity contribution >= 4 is 15.6 Å². The van der Waals surface area contributed by atoms with Crippen LogP contribution in [0.2, 0.25) is 0 Å². The van der Waals surface area contributed by atoms with Gasteiger partial charge in [-0.3, -0.25) is 0 Å². The molecule has 0 aromatic carbocycles. The van der Waals surface area contributed by atoms with Gasteiger partial charge in [0, 0.05) is 7.11 Å². The second kappa shape index (κ2) is 4.97. The minimum atomic E-state index is -5.05. The number of hydrogen-bond acceptors (Lipinski definition) is 4. The molecule has 0 atom stereocenters. The van der Waals surface area contributed by atoms with Gasteiger partial charge in [-0.2, -0.15) is 4.31 Å². The van der Waals surface area contributed by atoms with Gasteiger partial charge in [-0.1, -0.05) is 0 Å². The van der Waals surface area contributed by atoms with Gasteiger partial charge in [0.1, 0.15) is 0 Å². The summed E-state index contributed by atoms with van der Waals surface area (Å²) in [5.41, 5.74) is 0. The Labute approximate surface area is 61.9 Å². The Bertz CT molecular complexity index is 153. The van der Waals surface area contributed by atoms with Gasteiger partial charge < -0.3 is 24.7 Å². The lowest BCUT2D eigenvalue weighted by molar-refractivity contribution is 0.225. The van der Waals surface area contributed by atoms with Gasteiger partial charge >= 0.3 is 15.6 Å². The molecule has 0 spiro atoms. The molecule has 0 aromatic heterocycles. The summed E-state index contributed by atoms with van der Waals surface area (Å²) in [4.78, 5) is 31.0. The number of hydrogen-bond donors (Lipinski definition) is 5. The van der Waals surface area contributed by atoms with Crippen molar-refractivity contribution in [1.82, 2.24) is 0 Å². The van der Waals surface area contributed by atoms with Crippen LogP contribution >= 0.6 is 15.6 Å². The topological polar surface area (TPSA) is 145 Å². The largest absolute Gasteiger partial charge is 0.478 e.